The van der Waals surface area contributed by atoms with Crippen LogP contribution < -0.4 is 10.5 Å². The van der Waals surface area contributed by atoms with Crippen molar-refractivity contribution in [2.45, 2.75) is 38.1 Å². The molecule has 2 aliphatic heterocycles. The van der Waals surface area contributed by atoms with Crippen molar-refractivity contribution in [3.05, 3.63) is 118 Å². The number of pyridine rings is 1. The zero-order valence-corrected chi connectivity index (χ0v) is 26.7. The van der Waals surface area contributed by atoms with Crippen LogP contribution in [-0.2, 0) is 29.0 Å². The van der Waals surface area contributed by atoms with Gasteiger partial charge < -0.3 is 29.6 Å². The molecule has 7 rings (SSSR count). The van der Waals surface area contributed by atoms with Gasteiger partial charge in [0.1, 0.15) is 29.9 Å². The molecular weight excluding hydrogens is 651 g/mol. The Morgan fingerprint density at radius 3 is 2.50 bits per heavy atom. The predicted octanol–water partition coefficient (Wildman–Crippen LogP) is 5.94. The number of aliphatic imine (C=N–C) groups is 1. The normalized spacial score (nSPS) is 16.5. The topological polar surface area (TPSA) is 134 Å². The molecule has 13 heteroatoms. The van der Waals surface area contributed by atoms with Crippen LogP contribution in [0.1, 0.15) is 39.3 Å². The molecule has 256 valence electrons. The molecule has 4 heterocycles. The Bertz CT molecular complexity index is 2140. The van der Waals surface area contributed by atoms with E-state index in [4.69, 9.17) is 19.9 Å². The molecule has 0 bridgehead atoms. The lowest BCUT2D eigenvalue weighted by Gasteiger charge is -2.27. The highest BCUT2D eigenvalue weighted by Crippen LogP contribution is 2.29. The van der Waals surface area contributed by atoms with Crippen LogP contribution in [0, 0.1) is 17.5 Å². The van der Waals surface area contributed by atoms with E-state index in [9.17, 15) is 9.90 Å². The number of hydrogen-bond donors (Lipinski definition) is 2. The van der Waals surface area contributed by atoms with Crippen LogP contribution in [0.4, 0.5) is 13.2 Å². The summed E-state index contributed by atoms with van der Waals surface area (Å²) in [4.78, 5) is 25.0. The van der Waals surface area contributed by atoms with Gasteiger partial charge in [-0.3, -0.25) is 4.99 Å². The number of carboxylic acid groups (broad SMARTS) is 1. The lowest BCUT2D eigenvalue weighted by molar-refractivity contribution is -0.0589. The van der Waals surface area contributed by atoms with Crippen molar-refractivity contribution >= 4 is 28.8 Å². The number of nitrogens with zero attached hydrogens (tertiary/aromatic N) is 4. The highest BCUT2D eigenvalue weighted by molar-refractivity contribution is 6.09. The van der Waals surface area contributed by atoms with E-state index in [0.29, 0.717) is 54.4 Å². The number of carboxylic acids is 1. The molecule has 2 saturated heterocycles. The van der Waals surface area contributed by atoms with Gasteiger partial charge in [-0.1, -0.05) is 18.2 Å². The summed E-state index contributed by atoms with van der Waals surface area (Å²) in [6.07, 6.45) is 3.66. The number of nitrogens with two attached hydrogens (primary N) is 1. The van der Waals surface area contributed by atoms with Gasteiger partial charge in [0.25, 0.3) is 0 Å². The second kappa shape index (κ2) is 14.1. The molecule has 0 radical (unpaired) electrons. The van der Waals surface area contributed by atoms with Crippen LogP contribution >= 0.6 is 0 Å². The Hall–Kier alpha value is -5.53. The fourth-order valence-electron chi connectivity index (χ4n) is 5.72. The minimum atomic E-state index is -1.08. The summed E-state index contributed by atoms with van der Waals surface area (Å²) < 4.78 is 64.5. The maximum absolute atomic E-state index is 15.6. The molecule has 2 fully saturated rings. The standard InChI is InChI=1S/C37H32F3N5O5/c38-29-10-21(25(15-41)16-42-26-19-48-20-26)4-5-23(29)18-50-36-3-1-2-32(44-36)28-14-30(39)24(11-31(28)40)13-35-43-33-7-6-22(37(46)47)12-34(33)45(35)17-27-8-9-49-27/h1-7,10-12,14-16,26-27H,8-9,13,17-20,41H2,(H,46,47)/b25-15+,42-16?/t27-/m0/s1. The molecule has 3 aromatic carbocycles. The Kier molecular flexibility index (Phi) is 9.33. The zero-order valence-electron chi connectivity index (χ0n) is 26.7. The zero-order chi connectivity index (χ0) is 34.8. The summed E-state index contributed by atoms with van der Waals surface area (Å²) in [6.45, 7) is 1.96. The monoisotopic (exact) mass is 683 g/mol. The summed E-state index contributed by atoms with van der Waals surface area (Å²) in [5, 5.41) is 9.50. The van der Waals surface area contributed by atoms with Gasteiger partial charge in [-0.25, -0.2) is 27.9 Å². The number of hydrogen-bond acceptors (Lipinski definition) is 8. The van der Waals surface area contributed by atoms with Crippen molar-refractivity contribution in [1.29, 1.82) is 0 Å². The molecule has 5 aromatic rings. The van der Waals surface area contributed by atoms with Crippen molar-refractivity contribution in [2.75, 3.05) is 19.8 Å². The van der Waals surface area contributed by atoms with Gasteiger partial charge in [0, 0.05) is 48.2 Å². The first-order chi connectivity index (χ1) is 24.2. The van der Waals surface area contributed by atoms with Gasteiger partial charge in [-0.05, 0) is 60.0 Å². The predicted molar refractivity (Wildman–Crippen MR) is 179 cm³/mol. The van der Waals surface area contributed by atoms with Crippen molar-refractivity contribution in [2.24, 2.45) is 10.7 Å². The number of carbonyl (C=O) groups is 1. The van der Waals surface area contributed by atoms with E-state index in [0.717, 1.165) is 18.6 Å². The number of aromatic nitrogens is 3. The first kappa shape index (κ1) is 33.0. The van der Waals surface area contributed by atoms with Crippen molar-refractivity contribution in [3.8, 4) is 17.1 Å². The van der Waals surface area contributed by atoms with Crippen LogP contribution in [-0.4, -0.2) is 63.8 Å². The van der Waals surface area contributed by atoms with Crippen LogP contribution in [0.25, 0.3) is 27.9 Å². The summed E-state index contributed by atoms with van der Waals surface area (Å²) in [7, 11) is 0. The Morgan fingerprint density at radius 1 is 1.00 bits per heavy atom. The third-order valence-corrected chi connectivity index (χ3v) is 8.72. The van der Waals surface area contributed by atoms with Crippen LogP contribution in [0.5, 0.6) is 5.88 Å². The van der Waals surface area contributed by atoms with Crippen LogP contribution in [0.15, 0.2) is 77.9 Å². The Labute approximate surface area is 284 Å². The molecule has 0 saturated carbocycles. The van der Waals surface area contributed by atoms with Gasteiger partial charge in [-0.2, -0.15) is 0 Å². The van der Waals surface area contributed by atoms with E-state index >= 15 is 13.2 Å². The highest BCUT2D eigenvalue weighted by atomic mass is 19.1. The fourth-order valence-corrected chi connectivity index (χ4v) is 5.72. The van der Waals surface area contributed by atoms with Crippen molar-refractivity contribution in [3.63, 3.8) is 0 Å². The van der Waals surface area contributed by atoms with Gasteiger partial charge >= 0.3 is 5.97 Å². The smallest absolute Gasteiger partial charge is 0.335 e. The number of ether oxygens (including phenoxy) is 3. The van der Waals surface area contributed by atoms with E-state index in [1.807, 2.05) is 4.57 Å². The molecule has 10 nitrogen and oxygen atoms in total. The lowest BCUT2D eigenvalue weighted by Crippen LogP contribution is -2.31. The van der Waals surface area contributed by atoms with Crippen molar-refractivity contribution in [1.82, 2.24) is 14.5 Å². The second-order valence-electron chi connectivity index (χ2n) is 12.1. The molecule has 2 aliphatic rings. The third kappa shape index (κ3) is 6.96. The molecular formula is C37H32F3N5O5. The molecule has 0 amide bonds. The fraction of sp³-hybridized carbons (Fsp3) is 0.243. The SMILES string of the molecule is N/C=C(\C=NC1COC1)c1ccc(COc2cccc(-c3cc(F)c(Cc4nc5ccc(C(=O)O)cc5n4C[C@@H]4CCO4)cc3F)n2)c(F)c1. The summed E-state index contributed by atoms with van der Waals surface area (Å²) in [5.74, 6) is -2.42. The van der Waals surface area contributed by atoms with E-state index in [2.05, 4.69) is 15.0 Å². The number of halogens is 3. The Balaban J connectivity index is 1.08. The number of imidazole rings is 1. The molecule has 2 aromatic heterocycles. The number of allylic oxidation sites excluding steroid dienone is 1. The number of rotatable bonds is 12. The maximum atomic E-state index is 15.6. The molecule has 3 N–H and O–H groups in total. The Morgan fingerprint density at radius 2 is 1.80 bits per heavy atom. The van der Waals surface area contributed by atoms with E-state index in [1.165, 1.54) is 30.5 Å². The first-order valence-corrected chi connectivity index (χ1v) is 16.0. The summed E-state index contributed by atoms with van der Waals surface area (Å²) in [6, 6.07) is 16.1. The number of fused-ring (bicyclic) bond motifs is 1. The van der Waals surface area contributed by atoms with Gasteiger partial charge in [-0.15, -0.1) is 0 Å². The molecule has 0 unspecified atom stereocenters. The van der Waals surface area contributed by atoms with E-state index in [1.54, 1.807) is 36.5 Å². The quantitative estimate of drug-likeness (QED) is 0.154. The number of aromatic carboxylic acids is 1. The van der Waals surface area contributed by atoms with Crippen LogP contribution in [0.2, 0.25) is 0 Å². The number of benzene rings is 3. The minimum absolute atomic E-state index is 0.0430. The lowest BCUT2D eigenvalue weighted by atomic mass is 10.0. The van der Waals surface area contributed by atoms with Crippen LogP contribution in [0.3, 0.4) is 0 Å². The van der Waals surface area contributed by atoms with Gasteiger partial charge in [0.05, 0.1) is 54.2 Å². The molecule has 0 aliphatic carbocycles. The van der Waals surface area contributed by atoms with Gasteiger partial charge in [0.15, 0.2) is 0 Å². The summed E-state index contributed by atoms with van der Waals surface area (Å²) >= 11 is 0. The maximum Gasteiger partial charge on any atom is 0.335 e. The molecule has 0 spiro atoms. The molecule has 1 atom stereocenters. The molecule has 50 heavy (non-hydrogen) atoms. The van der Waals surface area contributed by atoms with Gasteiger partial charge in [0.2, 0.25) is 5.88 Å². The van der Waals surface area contributed by atoms with E-state index < -0.39 is 23.4 Å². The largest absolute Gasteiger partial charge is 0.478 e. The van der Waals surface area contributed by atoms with Crippen molar-refractivity contribution < 1.29 is 37.3 Å². The van der Waals surface area contributed by atoms with E-state index in [-0.39, 0.29) is 59.0 Å². The minimum Gasteiger partial charge on any atom is -0.478 e. The first-order valence-electron chi connectivity index (χ1n) is 16.0. The average molecular weight is 684 g/mol. The second-order valence-corrected chi connectivity index (χ2v) is 12.1. The summed E-state index contributed by atoms with van der Waals surface area (Å²) in [5.41, 5.74) is 8.45. The highest BCUT2D eigenvalue weighted by Gasteiger charge is 2.24. The average Bonchev–Trinajstić information content (AvgIpc) is 3.40. The third-order valence-electron chi connectivity index (χ3n) is 8.72.